The van der Waals surface area contributed by atoms with Crippen molar-refractivity contribution in [1.29, 1.82) is 0 Å². The van der Waals surface area contributed by atoms with Crippen LogP contribution in [0.1, 0.15) is 78.2 Å². The molecule has 0 N–H and O–H groups in total. The first-order valence-corrected chi connectivity index (χ1v) is 13.2. The van der Waals surface area contributed by atoms with Crippen LogP contribution < -0.4 is 0 Å². The van der Waals surface area contributed by atoms with Crippen molar-refractivity contribution in [2.24, 2.45) is 0 Å². The first kappa shape index (κ1) is 24.2. The summed E-state index contributed by atoms with van der Waals surface area (Å²) in [6, 6.07) is 16.4. The lowest BCUT2D eigenvalue weighted by atomic mass is 9.86. The lowest BCUT2D eigenvalue weighted by Crippen LogP contribution is -2.45. The zero-order valence-electron chi connectivity index (χ0n) is 21.3. The molecule has 0 spiro atoms. The molecule has 1 aliphatic heterocycles. The normalized spacial score (nSPS) is 18.8. The first-order valence-electron chi connectivity index (χ1n) is 13.2. The van der Waals surface area contributed by atoms with Gasteiger partial charge in [-0.25, -0.2) is 9.78 Å². The van der Waals surface area contributed by atoms with Gasteiger partial charge in [0.05, 0.1) is 16.8 Å². The number of hydrogen-bond acceptors (Lipinski definition) is 4. The molecule has 1 aliphatic carbocycles. The predicted molar refractivity (Wildman–Crippen MR) is 144 cm³/mol. The number of piperidine rings is 1. The topological polar surface area (TPSA) is 59.5 Å². The van der Waals surface area contributed by atoms with Crippen molar-refractivity contribution < 1.29 is 14.3 Å². The lowest BCUT2D eigenvalue weighted by molar-refractivity contribution is -0.138. The van der Waals surface area contributed by atoms with E-state index in [4.69, 9.17) is 9.72 Å². The first-order chi connectivity index (χ1) is 17.5. The highest BCUT2D eigenvalue weighted by molar-refractivity contribution is 6.07. The number of hydrogen-bond donors (Lipinski definition) is 0. The van der Waals surface area contributed by atoms with E-state index in [2.05, 4.69) is 44.2 Å². The monoisotopic (exact) mass is 482 g/mol. The van der Waals surface area contributed by atoms with Crippen LogP contribution in [0.25, 0.3) is 22.6 Å². The van der Waals surface area contributed by atoms with Crippen LogP contribution in [0.2, 0.25) is 0 Å². The number of aryl methyl sites for hydroxylation is 1. The van der Waals surface area contributed by atoms with Crippen LogP contribution in [0.3, 0.4) is 0 Å². The standard InChI is InChI=1S/C31H34N2O3/c1-3-24-10-6-7-18-33(24)28(34)20-36-31(35)29-25-11-4-5-13-27(25)32-30-23(9-8-12-26(29)30)19-22-16-14-21(2)15-17-22/h4-5,11,13-17,19,24H,3,6-10,12,18,20H2,1-2H3/b23-19-/t24-/m1/s1. The zero-order valence-corrected chi connectivity index (χ0v) is 21.3. The van der Waals surface area contributed by atoms with Crippen molar-refractivity contribution in [3.63, 3.8) is 0 Å². The third kappa shape index (κ3) is 4.92. The number of carbonyl (C=O) groups is 2. The molecule has 1 amide bonds. The molecule has 1 aromatic heterocycles. The Kier molecular flexibility index (Phi) is 7.17. The van der Waals surface area contributed by atoms with Gasteiger partial charge in [-0.2, -0.15) is 0 Å². The predicted octanol–water partition coefficient (Wildman–Crippen LogP) is 6.37. The molecule has 1 saturated heterocycles. The van der Waals surface area contributed by atoms with Crippen LogP contribution in [0.15, 0.2) is 48.5 Å². The summed E-state index contributed by atoms with van der Waals surface area (Å²) >= 11 is 0. The molecule has 5 heteroatoms. The summed E-state index contributed by atoms with van der Waals surface area (Å²) in [6.45, 7) is 4.72. The van der Waals surface area contributed by atoms with E-state index < -0.39 is 5.97 Å². The molecule has 186 valence electrons. The average molecular weight is 483 g/mol. The van der Waals surface area contributed by atoms with Crippen LogP contribution in [-0.4, -0.2) is 41.0 Å². The van der Waals surface area contributed by atoms with Gasteiger partial charge in [-0.05, 0) is 80.7 Å². The molecule has 0 radical (unpaired) electrons. The maximum Gasteiger partial charge on any atom is 0.339 e. The molecule has 1 atom stereocenters. The van der Waals surface area contributed by atoms with Crippen molar-refractivity contribution in [1.82, 2.24) is 9.88 Å². The van der Waals surface area contributed by atoms with Gasteiger partial charge in [0.25, 0.3) is 5.91 Å². The Morgan fingerprint density at radius 3 is 2.67 bits per heavy atom. The fraction of sp³-hybridized carbons (Fsp3) is 0.387. The molecule has 5 rings (SSSR count). The second-order valence-electron chi connectivity index (χ2n) is 9.99. The number of esters is 1. The summed E-state index contributed by atoms with van der Waals surface area (Å²) in [7, 11) is 0. The van der Waals surface area contributed by atoms with Crippen LogP contribution in [0.5, 0.6) is 0 Å². The molecule has 0 unspecified atom stereocenters. The number of allylic oxidation sites excluding steroid dienone is 1. The number of rotatable bonds is 5. The zero-order chi connectivity index (χ0) is 25.1. The minimum atomic E-state index is -0.431. The molecule has 2 aromatic carbocycles. The molecule has 2 aliphatic rings. The van der Waals surface area contributed by atoms with Gasteiger partial charge in [-0.3, -0.25) is 4.79 Å². The van der Waals surface area contributed by atoms with E-state index in [0.717, 1.165) is 84.8 Å². The minimum Gasteiger partial charge on any atom is -0.452 e. The van der Waals surface area contributed by atoms with E-state index in [0.29, 0.717) is 5.56 Å². The third-order valence-electron chi connectivity index (χ3n) is 7.54. The maximum absolute atomic E-state index is 13.5. The Bertz CT molecular complexity index is 1310. The number of carbonyl (C=O) groups excluding carboxylic acids is 2. The summed E-state index contributed by atoms with van der Waals surface area (Å²) in [5, 5.41) is 0.787. The van der Waals surface area contributed by atoms with Gasteiger partial charge in [0, 0.05) is 18.0 Å². The van der Waals surface area contributed by atoms with Crippen molar-refractivity contribution in [2.45, 2.75) is 64.8 Å². The second-order valence-corrected chi connectivity index (χ2v) is 9.99. The number of aromatic nitrogens is 1. The Balaban J connectivity index is 1.47. The number of likely N-dealkylation sites (tertiary alicyclic amines) is 1. The molecule has 3 aromatic rings. The fourth-order valence-corrected chi connectivity index (χ4v) is 5.61. The molecule has 36 heavy (non-hydrogen) atoms. The van der Waals surface area contributed by atoms with Gasteiger partial charge in [-0.1, -0.05) is 55.0 Å². The number of ether oxygens (including phenoxy) is 1. The van der Waals surface area contributed by atoms with E-state index >= 15 is 0 Å². The summed E-state index contributed by atoms with van der Waals surface area (Å²) in [5.74, 6) is -0.526. The largest absolute Gasteiger partial charge is 0.452 e. The molecule has 1 fully saturated rings. The van der Waals surface area contributed by atoms with E-state index in [1.807, 2.05) is 29.2 Å². The van der Waals surface area contributed by atoms with Gasteiger partial charge < -0.3 is 9.64 Å². The van der Waals surface area contributed by atoms with Gasteiger partial charge in [0.1, 0.15) is 0 Å². The smallest absolute Gasteiger partial charge is 0.339 e. The van der Waals surface area contributed by atoms with Crippen LogP contribution >= 0.6 is 0 Å². The van der Waals surface area contributed by atoms with Crippen molar-refractivity contribution in [3.8, 4) is 0 Å². The van der Waals surface area contributed by atoms with Crippen molar-refractivity contribution in [2.75, 3.05) is 13.2 Å². The Morgan fingerprint density at radius 1 is 1.06 bits per heavy atom. The van der Waals surface area contributed by atoms with Crippen molar-refractivity contribution >= 4 is 34.4 Å². The van der Waals surface area contributed by atoms with E-state index in [1.54, 1.807) is 0 Å². The molecule has 2 heterocycles. The van der Waals surface area contributed by atoms with Crippen molar-refractivity contribution in [3.05, 3.63) is 76.5 Å². The Labute approximate surface area is 213 Å². The summed E-state index contributed by atoms with van der Waals surface area (Å²) in [4.78, 5) is 33.4. The minimum absolute atomic E-state index is 0.0953. The lowest BCUT2D eigenvalue weighted by Gasteiger charge is -2.35. The fourth-order valence-electron chi connectivity index (χ4n) is 5.61. The van der Waals surface area contributed by atoms with E-state index in [1.165, 1.54) is 5.56 Å². The molecular formula is C31H34N2O3. The van der Waals surface area contributed by atoms with Crippen LogP contribution in [0, 0.1) is 6.92 Å². The highest BCUT2D eigenvalue weighted by Crippen LogP contribution is 2.36. The third-order valence-corrected chi connectivity index (χ3v) is 7.54. The number of benzene rings is 2. The van der Waals surface area contributed by atoms with Gasteiger partial charge in [0.15, 0.2) is 6.61 Å². The second kappa shape index (κ2) is 10.7. The Hall–Kier alpha value is -3.47. The Morgan fingerprint density at radius 2 is 1.86 bits per heavy atom. The molecule has 0 saturated carbocycles. The van der Waals surface area contributed by atoms with E-state index in [-0.39, 0.29) is 18.6 Å². The molecule has 0 bridgehead atoms. The summed E-state index contributed by atoms with van der Waals surface area (Å²) in [6.07, 6.45) is 8.90. The maximum atomic E-state index is 13.5. The van der Waals surface area contributed by atoms with Crippen LogP contribution in [0.4, 0.5) is 0 Å². The van der Waals surface area contributed by atoms with Gasteiger partial charge in [-0.15, -0.1) is 0 Å². The SMILES string of the molecule is CC[C@@H]1CCCCN1C(=O)COC(=O)c1c2c(nc3ccccc13)/C(=C\c1ccc(C)cc1)CCC2. The average Bonchev–Trinajstić information content (AvgIpc) is 2.91. The summed E-state index contributed by atoms with van der Waals surface area (Å²) in [5.41, 5.74) is 6.62. The van der Waals surface area contributed by atoms with Gasteiger partial charge >= 0.3 is 5.97 Å². The number of para-hydroxylation sites is 1. The van der Waals surface area contributed by atoms with Crippen LogP contribution in [-0.2, 0) is 16.0 Å². The quantitative estimate of drug-likeness (QED) is 0.397. The highest BCUT2D eigenvalue weighted by atomic mass is 16.5. The van der Waals surface area contributed by atoms with Gasteiger partial charge in [0.2, 0.25) is 0 Å². The number of nitrogens with zero attached hydrogens (tertiary/aromatic N) is 2. The number of amides is 1. The summed E-state index contributed by atoms with van der Waals surface area (Å²) < 4.78 is 5.70. The number of fused-ring (bicyclic) bond motifs is 2. The number of pyridine rings is 1. The van der Waals surface area contributed by atoms with E-state index in [9.17, 15) is 9.59 Å². The molecular weight excluding hydrogens is 448 g/mol. The molecule has 5 nitrogen and oxygen atoms in total. The highest BCUT2D eigenvalue weighted by Gasteiger charge is 2.29.